The highest BCUT2D eigenvalue weighted by Crippen LogP contribution is 2.23. The molecule has 0 saturated heterocycles. The van der Waals surface area contributed by atoms with Crippen LogP contribution in [-0.2, 0) is 11.2 Å². The average Bonchev–Trinajstić information content (AvgIpc) is 2.30. The highest BCUT2D eigenvalue weighted by atomic mass is 16.5. The molecule has 0 aromatic heterocycles. The summed E-state index contributed by atoms with van der Waals surface area (Å²) >= 11 is 0. The molecular weight excluding hydrogens is 222 g/mol. The second kappa shape index (κ2) is 6.75. The van der Waals surface area contributed by atoms with Gasteiger partial charge in [-0.1, -0.05) is 6.07 Å². The minimum absolute atomic E-state index is 0.106. The topological polar surface area (TPSA) is 78.8 Å². The van der Waals surface area contributed by atoms with Crippen LogP contribution in [-0.4, -0.2) is 36.4 Å². The molecule has 17 heavy (non-hydrogen) atoms. The number of ether oxygens (including phenoxy) is 1. The predicted octanol–water partition coefficient (Wildman–Crippen LogP) is 1.01. The molecule has 1 aromatic carbocycles. The molecule has 1 rings (SSSR count). The van der Waals surface area contributed by atoms with Crippen molar-refractivity contribution in [2.24, 2.45) is 0 Å². The molecule has 0 fully saturated rings. The second-order valence-electron chi connectivity index (χ2n) is 3.64. The van der Waals surface area contributed by atoms with Crippen LogP contribution in [0, 0.1) is 0 Å². The van der Waals surface area contributed by atoms with Crippen LogP contribution in [0.4, 0.5) is 0 Å². The highest BCUT2D eigenvalue weighted by molar-refractivity contribution is 5.66. The first-order valence-electron chi connectivity index (χ1n) is 5.42. The molecule has 0 saturated carbocycles. The first kappa shape index (κ1) is 13.3. The van der Waals surface area contributed by atoms with Crippen LogP contribution in [0.5, 0.6) is 11.5 Å². The number of phenols is 1. The summed E-state index contributed by atoms with van der Waals surface area (Å²) in [5.74, 6) is -0.000680. The van der Waals surface area contributed by atoms with Crippen LogP contribution in [0.15, 0.2) is 18.2 Å². The van der Waals surface area contributed by atoms with Gasteiger partial charge in [0.25, 0.3) is 0 Å². The molecule has 0 heterocycles. The van der Waals surface area contributed by atoms with E-state index in [1.807, 2.05) is 0 Å². The lowest BCUT2D eigenvalue weighted by Gasteiger charge is -2.07. The summed E-state index contributed by atoms with van der Waals surface area (Å²) < 4.78 is 4.98. The van der Waals surface area contributed by atoms with Gasteiger partial charge in [-0.25, -0.2) is 0 Å². The van der Waals surface area contributed by atoms with E-state index < -0.39 is 5.97 Å². The van der Waals surface area contributed by atoms with Crippen LogP contribution in [0.1, 0.15) is 12.0 Å². The van der Waals surface area contributed by atoms with Crippen LogP contribution in [0.3, 0.4) is 0 Å². The quantitative estimate of drug-likeness (QED) is 0.619. The van der Waals surface area contributed by atoms with Gasteiger partial charge in [0.05, 0.1) is 13.5 Å². The molecule has 0 unspecified atom stereocenters. The number of rotatable bonds is 7. The summed E-state index contributed by atoms with van der Waals surface area (Å²) in [6, 6.07) is 5.14. The summed E-state index contributed by atoms with van der Waals surface area (Å²) in [6.07, 6.45) is 0.754. The minimum Gasteiger partial charge on any atom is -0.508 e. The van der Waals surface area contributed by atoms with Crippen LogP contribution in [0.25, 0.3) is 0 Å². The Bertz CT molecular complexity index is 379. The van der Waals surface area contributed by atoms with Gasteiger partial charge in [-0.2, -0.15) is 0 Å². The van der Waals surface area contributed by atoms with Crippen molar-refractivity contribution in [2.75, 3.05) is 20.2 Å². The van der Waals surface area contributed by atoms with Crippen LogP contribution < -0.4 is 10.1 Å². The Morgan fingerprint density at radius 2 is 2.18 bits per heavy atom. The number of carboxylic acids is 1. The zero-order valence-electron chi connectivity index (χ0n) is 9.77. The summed E-state index contributed by atoms with van der Waals surface area (Å²) in [7, 11) is 1.54. The summed E-state index contributed by atoms with van der Waals surface area (Å²) in [6.45, 7) is 1.07. The van der Waals surface area contributed by atoms with Gasteiger partial charge in [0.1, 0.15) is 11.5 Å². The standard InChI is InChI=1S/C12H17NO4/c1-17-10-3-2-9(11(14)8-10)4-6-13-7-5-12(15)16/h2-3,8,13-14H,4-7H2,1H3,(H,15,16). The Balaban J connectivity index is 2.34. The Labute approximate surface area is 100 Å². The monoisotopic (exact) mass is 239 g/mol. The molecule has 0 aliphatic heterocycles. The third-order valence-corrected chi connectivity index (χ3v) is 2.38. The van der Waals surface area contributed by atoms with E-state index in [0.717, 1.165) is 5.56 Å². The Hall–Kier alpha value is -1.75. The molecule has 0 aliphatic carbocycles. The average molecular weight is 239 g/mol. The van der Waals surface area contributed by atoms with Gasteiger partial charge in [0.2, 0.25) is 0 Å². The van der Waals surface area contributed by atoms with Gasteiger partial charge in [-0.3, -0.25) is 4.79 Å². The summed E-state index contributed by atoms with van der Waals surface area (Å²) in [5.41, 5.74) is 0.814. The van der Waals surface area contributed by atoms with Crippen molar-refractivity contribution in [3.05, 3.63) is 23.8 Å². The molecule has 1 aromatic rings. The Kier molecular flexibility index (Phi) is 5.29. The number of carbonyl (C=O) groups is 1. The minimum atomic E-state index is -0.815. The lowest BCUT2D eigenvalue weighted by atomic mass is 10.1. The molecule has 0 atom stereocenters. The van der Waals surface area contributed by atoms with Crippen LogP contribution in [0.2, 0.25) is 0 Å². The molecule has 0 aliphatic rings. The number of aromatic hydroxyl groups is 1. The fourth-order valence-corrected chi connectivity index (χ4v) is 1.43. The maximum absolute atomic E-state index is 10.3. The molecule has 0 amide bonds. The highest BCUT2D eigenvalue weighted by Gasteiger charge is 2.03. The molecule has 0 spiro atoms. The van der Waals surface area contributed by atoms with Crippen molar-refractivity contribution >= 4 is 5.97 Å². The zero-order chi connectivity index (χ0) is 12.7. The number of methoxy groups -OCH3 is 1. The molecule has 0 bridgehead atoms. The van der Waals surface area contributed by atoms with E-state index in [4.69, 9.17) is 9.84 Å². The van der Waals surface area contributed by atoms with Gasteiger partial charge in [-0.15, -0.1) is 0 Å². The lowest BCUT2D eigenvalue weighted by molar-refractivity contribution is -0.136. The van der Waals surface area contributed by atoms with E-state index in [9.17, 15) is 9.90 Å². The fourth-order valence-electron chi connectivity index (χ4n) is 1.43. The number of hydrogen-bond donors (Lipinski definition) is 3. The maximum atomic E-state index is 10.3. The van der Waals surface area contributed by atoms with Gasteiger partial charge < -0.3 is 20.3 Å². The maximum Gasteiger partial charge on any atom is 0.304 e. The van der Waals surface area contributed by atoms with Gasteiger partial charge in [-0.05, 0) is 24.6 Å². The van der Waals surface area contributed by atoms with E-state index in [1.54, 1.807) is 25.3 Å². The Morgan fingerprint density at radius 1 is 1.41 bits per heavy atom. The van der Waals surface area contributed by atoms with Crippen molar-refractivity contribution < 1.29 is 19.7 Å². The van der Waals surface area contributed by atoms with E-state index in [0.29, 0.717) is 25.3 Å². The smallest absolute Gasteiger partial charge is 0.304 e. The van der Waals surface area contributed by atoms with Gasteiger partial charge in [0.15, 0.2) is 0 Å². The summed E-state index contributed by atoms with van der Waals surface area (Å²) in [5, 5.41) is 21.1. The molecule has 3 N–H and O–H groups in total. The number of carboxylic acid groups (broad SMARTS) is 1. The second-order valence-corrected chi connectivity index (χ2v) is 3.64. The first-order valence-corrected chi connectivity index (χ1v) is 5.42. The largest absolute Gasteiger partial charge is 0.508 e. The SMILES string of the molecule is COc1ccc(CCNCCC(=O)O)c(O)c1. The van der Waals surface area contributed by atoms with E-state index in [-0.39, 0.29) is 12.2 Å². The molecular formula is C12H17NO4. The van der Waals surface area contributed by atoms with Crippen molar-refractivity contribution in [2.45, 2.75) is 12.8 Å². The first-order chi connectivity index (χ1) is 8.13. The number of phenolic OH excluding ortho intramolecular Hbond substituents is 1. The predicted molar refractivity (Wildman–Crippen MR) is 63.5 cm³/mol. The number of nitrogens with one attached hydrogen (secondary N) is 1. The van der Waals surface area contributed by atoms with Crippen molar-refractivity contribution in [1.29, 1.82) is 0 Å². The summed E-state index contributed by atoms with van der Waals surface area (Å²) in [4.78, 5) is 10.3. The zero-order valence-corrected chi connectivity index (χ0v) is 9.77. The third-order valence-electron chi connectivity index (χ3n) is 2.38. The molecule has 94 valence electrons. The molecule has 0 radical (unpaired) electrons. The van der Waals surface area contributed by atoms with Gasteiger partial charge in [0, 0.05) is 12.6 Å². The number of benzene rings is 1. The molecule has 5 heteroatoms. The molecule has 5 nitrogen and oxygen atoms in total. The number of hydrogen-bond acceptors (Lipinski definition) is 4. The van der Waals surface area contributed by atoms with Gasteiger partial charge >= 0.3 is 5.97 Å². The van der Waals surface area contributed by atoms with Crippen LogP contribution >= 0.6 is 0 Å². The van der Waals surface area contributed by atoms with Crippen molar-refractivity contribution in [1.82, 2.24) is 5.32 Å². The Morgan fingerprint density at radius 3 is 2.76 bits per heavy atom. The van der Waals surface area contributed by atoms with Crippen molar-refractivity contribution in [3.63, 3.8) is 0 Å². The van der Waals surface area contributed by atoms with E-state index in [1.165, 1.54) is 0 Å². The number of aliphatic carboxylic acids is 1. The lowest BCUT2D eigenvalue weighted by Crippen LogP contribution is -2.20. The van der Waals surface area contributed by atoms with Crippen molar-refractivity contribution in [3.8, 4) is 11.5 Å². The van der Waals surface area contributed by atoms with E-state index in [2.05, 4.69) is 5.32 Å². The normalized spacial score (nSPS) is 10.2. The fraction of sp³-hybridized carbons (Fsp3) is 0.417. The van der Waals surface area contributed by atoms with E-state index >= 15 is 0 Å². The third kappa shape index (κ3) is 4.74.